The standard InChI is InChI=1S/C11H17N3O3S/c1-2-8(7-12)18(16,17)14-10-6-4-3-5-9(10)11(13)15/h3-6,8,14H,2,7,12H2,1H3,(H2,13,15). The van der Waals surface area contributed by atoms with Crippen LogP contribution in [0, 0.1) is 0 Å². The Kier molecular flexibility index (Phi) is 4.69. The number of carbonyl (C=O) groups excluding carboxylic acids is 1. The summed E-state index contributed by atoms with van der Waals surface area (Å²) >= 11 is 0. The summed E-state index contributed by atoms with van der Waals surface area (Å²) in [5, 5.41) is -0.696. The van der Waals surface area contributed by atoms with E-state index in [-0.39, 0.29) is 17.8 Å². The second kappa shape index (κ2) is 5.83. The number of hydrogen-bond acceptors (Lipinski definition) is 4. The molecule has 100 valence electrons. The number of anilines is 1. The number of amides is 1. The number of primary amides is 1. The molecule has 1 aromatic carbocycles. The number of hydrogen-bond donors (Lipinski definition) is 3. The van der Waals surface area contributed by atoms with Gasteiger partial charge >= 0.3 is 0 Å². The van der Waals surface area contributed by atoms with Crippen LogP contribution < -0.4 is 16.2 Å². The van der Waals surface area contributed by atoms with Gasteiger partial charge in [-0.25, -0.2) is 8.42 Å². The summed E-state index contributed by atoms with van der Waals surface area (Å²) < 4.78 is 26.3. The van der Waals surface area contributed by atoms with Crippen LogP contribution >= 0.6 is 0 Å². The topological polar surface area (TPSA) is 115 Å². The van der Waals surface area contributed by atoms with Crippen molar-refractivity contribution in [3.8, 4) is 0 Å². The van der Waals surface area contributed by atoms with E-state index >= 15 is 0 Å². The van der Waals surface area contributed by atoms with E-state index in [0.29, 0.717) is 6.42 Å². The fourth-order valence-electron chi connectivity index (χ4n) is 1.54. The molecule has 0 aromatic heterocycles. The van der Waals surface area contributed by atoms with Crippen molar-refractivity contribution in [2.75, 3.05) is 11.3 Å². The number of benzene rings is 1. The molecule has 1 rings (SSSR count). The van der Waals surface area contributed by atoms with E-state index in [0.717, 1.165) is 0 Å². The molecule has 0 bridgehead atoms. The molecule has 18 heavy (non-hydrogen) atoms. The van der Waals surface area contributed by atoms with E-state index in [1.54, 1.807) is 19.1 Å². The van der Waals surface area contributed by atoms with Crippen molar-refractivity contribution in [1.29, 1.82) is 0 Å². The molecule has 0 heterocycles. The Balaban J connectivity index is 3.08. The van der Waals surface area contributed by atoms with Crippen LogP contribution in [0.3, 0.4) is 0 Å². The Bertz CT molecular complexity index is 524. The van der Waals surface area contributed by atoms with E-state index in [2.05, 4.69) is 4.72 Å². The first kappa shape index (κ1) is 14.5. The van der Waals surface area contributed by atoms with E-state index in [9.17, 15) is 13.2 Å². The summed E-state index contributed by atoms with van der Waals surface area (Å²) in [5.41, 5.74) is 10.9. The quantitative estimate of drug-likeness (QED) is 0.688. The first-order chi connectivity index (χ1) is 8.42. The van der Waals surface area contributed by atoms with Crippen molar-refractivity contribution >= 4 is 21.6 Å². The minimum atomic E-state index is -3.61. The van der Waals surface area contributed by atoms with Crippen LogP contribution in [0.1, 0.15) is 23.7 Å². The molecule has 0 spiro atoms. The second-order valence-corrected chi connectivity index (χ2v) is 5.78. The number of nitrogens with one attached hydrogen (secondary N) is 1. The molecule has 1 aromatic rings. The summed E-state index contributed by atoms with van der Waals surface area (Å²) in [6.07, 6.45) is 0.393. The van der Waals surface area contributed by atoms with Gasteiger partial charge in [0.25, 0.3) is 5.91 Å². The lowest BCUT2D eigenvalue weighted by molar-refractivity contribution is 0.100. The van der Waals surface area contributed by atoms with Gasteiger partial charge in [0, 0.05) is 6.54 Å². The molecule has 0 radical (unpaired) electrons. The fourth-order valence-corrected chi connectivity index (χ4v) is 2.88. The van der Waals surface area contributed by atoms with Gasteiger partial charge in [-0.2, -0.15) is 0 Å². The lowest BCUT2D eigenvalue weighted by atomic mass is 10.2. The van der Waals surface area contributed by atoms with Crippen molar-refractivity contribution in [2.24, 2.45) is 11.5 Å². The van der Waals surface area contributed by atoms with Crippen molar-refractivity contribution in [1.82, 2.24) is 0 Å². The number of carbonyl (C=O) groups is 1. The first-order valence-electron chi connectivity index (χ1n) is 5.53. The van der Waals surface area contributed by atoms with Crippen molar-refractivity contribution < 1.29 is 13.2 Å². The van der Waals surface area contributed by atoms with Crippen LogP contribution in [0.15, 0.2) is 24.3 Å². The van der Waals surface area contributed by atoms with Crippen LogP contribution in [-0.4, -0.2) is 26.1 Å². The van der Waals surface area contributed by atoms with Gasteiger partial charge in [0.15, 0.2) is 0 Å². The molecule has 1 unspecified atom stereocenters. The van der Waals surface area contributed by atoms with Crippen LogP contribution in [0.5, 0.6) is 0 Å². The lowest BCUT2D eigenvalue weighted by Crippen LogP contribution is -2.34. The molecular formula is C11H17N3O3S. The summed E-state index contributed by atoms with van der Waals surface area (Å²) in [6.45, 7) is 1.75. The summed E-state index contributed by atoms with van der Waals surface area (Å²) in [7, 11) is -3.61. The summed E-state index contributed by atoms with van der Waals surface area (Å²) in [6, 6.07) is 6.18. The molecule has 0 saturated carbocycles. The zero-order chi connectivity index (χ0) is 13.8. The highest BCUT2D eigenvalue weighted by atomic mass is 32.2. The molecular weight excluding hydrogens is 254 g/mol. The predicted molar refractivity (Wildman–Crippen MR) is 70.6 cm³/mol. The second-order valence-electron chi connectivity index (χ2n) is 3.82. The van der Waals surface area contributed by atoms with Gasteiger partial charge in [0.05, 0.1) is 16.5 Å². The Hall–Kier alpha value is -1.60. The van der Waals surface area contributed by atoms with Gasteiger partial charge in [-0.05, 0) is 18.6 Å². The van der Waals surface area contributed by atoms with E-state index in [4.69, 9.17) is 11.5 Å². The van der Waals surface area contributed by atoms with E-state index in [1.165, 1.54) is 12.1 Å². The largest absolute Gasteiger partial charge is 0.366 e. The highest BCUT2D eigenvalue weighted by Crippen LogP contribution is 2.18. The molecule has 1 amide bonds. The lowest BCUT2D eigenvalue weighted by Gasteiger charge is -2.16. The van der Waals surface area contributed by atoms with Crippen LogP contribution in [0.4, 0.5) is 5.69 Å². The SMILES string of the molecule is CCC(CN)S(=O)(=O)Nc1ccccc1C(N)=O. The maximum atomic E-state index is 12.0. The third-order valence-corrected chi connectivity index (χ3v) is 4.51. The average molecular weight is 271 g/mol. The number of para-hydroxylation sites is 1. The van der Waals surface area contributed by atoms with Gasteiger partial charge in [-0.15, -0.1) is 0 Å². The first-order valence-corrected chi connectivity index (χ1v) is 7.07. The van der Waals surface area contributed by atoms with Crippen LogP contribution in [-0.2, 0) is 10.0 Å². The minimum absolute atomic E-state index is 0.0184. The monoisotopic (exact) mass is 271 g/mol. The summed E-state index contributed by atoms with van der Waals surface area (Å²) in [5.74, 6) is -0.686. The van der Waals surface area contributed by atoms with Gasteiger partial charge in [0.2, 0.25) is 10.0 Å². The van der Waals surface area contributed by atoms with Crippen LogP contribution in [0.25, 0.3) is 0 Å². The zero-order valence-electron chi connectivity index (χ0n) is 10.1. The zero-order valence-corrected chi connectivity index (χ0v) is 10.9. The Morgan fingerprint density at radius 3 is 2.50 bits per heavy atom. The molecule has 6 nitrogen and oxygen atoms in total. The van der Waals surface area contributed by atoms with Gasteiger partial charge in [-0.1, -0.05) is 19.1 Å². The van der Waals surface area contributed by atoms with Gasteiger partial charge in [-0.3, -0.25) is 9.52 Å². The highest BCUT2D eigenvalue weighted by Gasteiger charge is 2.23. The third kappa shape index (κ3) is 3.21. The highest BCUT2D eigenvalue weighted by molar-refractivity contribution is 7.93. The predicted octanol–water partition coefficient (Wildman–Crippen LogP) is 0.265. The van der Waals surface area contributed by atoms with Crippen molar-refractivity contribution in [2.45, 2.75) is 18.6 Å². The molecule has 1 atom stereocenters. The number of nitrogens with two attached hydrogens (primary N) is 2. The average Bonchev–Trinajstić information content (AvgIpc) is 2.29. The molecule has 0 saturated heterocycles. The summed E-state index contributed by atoms with van der Waals surface area (Å²) in [4.78, 5) is 11.2. The Labute approximate surface area is 106 Å². The minimum Gasteiger partial charge on any atom is -0.366 e. The maximum Gasteiger partial charge on any atom is 0.250 e. The number of rotatable bonds is 6. The van der Waals surface area contributed by atoms with Gasteiger partial charge < -0.3 is 11.5 Å². The third-order valence-electron chi connectivity index (χ3n) is 2.60. The van der Waals surface area contributed by atoms with Crippen molar-refractivity contribution in [3.05, 3.63) is 29.8 Å². The number of sulfonamides is 1. The molecule has 0 aliphatic heterocycles. The van der Waals surface area contributed by atoms with Crippen LogP contribution in [0.2, 0.25) is 0 Å². The molecule has 0 aliphatic carbocycles. The van der Waals surface area contributed by atoms with Gasteiger partial charge in [0.1, 0.15) is 0 Å². The Morgan fingerprint density at radius 1 is 1.39 bits per heavy atom. The molecule has 7 heteroatoms. The maximum absolute atomic E-state index is 12.0. The van der Waals surface area contributed by atoms with E-state index < -0.39 is 21.2 Å². The molecule has 5 N–H and O–H groups in total. The smallest absolute Gasteiger partial charge is 0.250 e. The molecule has 0 fully saturated rings. The molecule has 0 aliphatic rings. The van der Waals surface area contributed by atoms with Crippen molar-refractivity contribution in [3.63, 3.8) is 0 Å². The van der Waals surface area contributed by atoms with E-state index in [1.807, 2.05) is 0 Å². The fraction of sp³-hybridized carbons (Fsp3) is 0.364. The Morgan fingerprint density at radius 2 is 2.00 bits per heavy atom. The normalized spacial score (nSPS) is 13.0.